The second kappa shape index (κ2) is 8.31. The predicted octanol–water partition coefficient (Wildman–Crippen LogP) is 1.68. The molecule has 20 heavy (non-hydrogen) atoms. The number of nitrogens with one attached hydrogen (secondary N) is 2. The summed E-state index contributed by atoms with van der Waals surface area (Å²) in [5.74, 6) is -1.50. The maximum Gasteiger partial charge on any atom is 0.315 e. The van der Waals surface area contributed by atoms with Gasteiger partial charge in [-0.3, -0.25) is 0 Å². The number of hydrogen-bond acceptors (Lipinski definition) is 3. The Balaban J connectivity index is 2.32. The fourth-order valence-corrected chi connectivity index (χ4v) is 1.39. The summed E-state index contributed by atoms with van der Waals surface area (Å²) in [5, 5.41) is 5.19. The van der Waals surface area contributed by atoms with Gasteiger partial charge in [-0.1, -0.05) is 0 Å². The van der Waals surface area contributed by atoms with E-state index in [1.165, 1.54) is 13.2 Å². The maximum absolute atomic E-state index is 13.3. The highest BCUT2D eigenvalue weighted by Crippen LogP contribution is 2.17. The van der Waals surface area contributed by atoms with Crippen molar-refractivity contribution in [2.24, 2.45) is 0 Å². The molecule has 0 fully saturated rings. The summed E-state index contributed by atoms with van der Waals surface area (Å²) in [5.41, 5.74) is 0. The minimum atomic E-state index is -0.776. The van der Waals surface area contributed by atoms with Crippen molar-refractivity contribution < 1.29 is 23.0 Å². The third-order valence-electron chi connectivity index (χ3n) is 2.35. The number of carbonyl (C=O) groups is 1. The fraction of sp³-hybridized carbons (Fsp3) is 0.462. The molecule has 0 aromatic heterocycles. The molecule has 0 unspecified atom stereocenters. The van der Waals surface area contributed by atoms with Crippen LogP contribution in [-0.4, -0.2) is 38.9 Å². The molecule has 0 aliphatic rings. The molecule has 0 aliphatic heterocycles. The summed E-state index contributed by atoms with van der Waals surface area (Å²) in [4.78, 5) is 11.4. The van der Waals surface area contributed by atoms with Gasteiger partial charge in [0.05, 0.1) is 12.6 Å². The second-order valence-electron chi connectivity index (χ2n) is 4.18. The molecule has 0 spiro atoms. The normalized spacial score (nSPS) is 11.8. The molecule has 2 N–H and O–H groups in total. The van der Waals surface area contributed by atoms with Gasteiger partial charge in [0.25, 0.3) is 0 Å². The van der Waals surface area contributed by atoms with E-state index in [1.807, 2.05) is 0 Å². The summed E-state index contributed by atoms with van der Waals surface area (Å²) in [7, 11) is 1.54. The Kier molecular flexibility index (Phi) is 6.72. The van der Waals surface area contributed by atoms with Crippen molar-refractivity contribution in [3.05, 3.63) is 29.8 Å². The quantitative estimate of drug-likeness (QED) is 0.750. The number of hydrogen-bond donors (Lipinski definition) is 2. The van der Waals surface area contributed by atoms with Crippen LogP contribution in [0.25, 0.3) is 0 Å². The molecular formula is C13H18F2N2O3. The Hall–Kier alpha value is -1.89. The van der Waals surface area contributed by atoms with Gasteiger partial charge >= 0.3 is 6.03 Å². The molecule has 0 aliphatic carbocycles. The van der Waals surface area contributed by atoms with Crippen molar-refractivity contribution in [1.29, 1.82) is 0 Å². The summed E-state index contributed by atoms with van der Waals surface area (Å²) in [6.07, 6.45) is 0. The van der Waals surface area contributed by atoms with Crippen molar-refractivity contribution in [3.8, 4) is 5.75 Å². The Morgan fingerprint density at radius 1 is 1.40 bits per heavy atom. The standard InChI is InChI=1S/C13H18F2N2O3/c1-9(17-13(18)16-5-6-19-2)8-20-12-4-3-10(14)7-11(12)15/h3-4,7,9H,5-6,8H2,1-2H3,(H2,16,17,18)/t9-/m1/s1. The van der Waals surface area contributed by atoms with Crippen molar-refractivity contribution in [2.45, 2.75) is 13.0 Å². The van der Waals surface area contributed by atoms with Crippen molar-refractivity contribution in [3.63, 3.8) is 0 Å². The molecule has 1 aromatic carbocycles. The van der Waals surface area contributed by atoms with E-state index in [0.717, 1.165) is 12.1 Å². The number of ether oxygens (including phenoxy) is 2. The van der Waals surface area contributed by atoms with Gasteiger partial charge < -0.3 is 20.1 Å². The molecule has 0 heterocycles. The van der Waals surface area contributed by atoms with E-state index >= 15 is 0 Å². The largest absolute Gasteiger partial charge is 0.488 e. The number of rotatable bonds is 7. The first-order valence-corrected chi connectivity index (χ1v) is 6.14. The van der Waals surface area contributed by atoms with Crippen LogP contribution < -0.4 is 15.4 Å². The lowest BCUT2D eigenvalue weighted by atomic mass is 10.3. The van der Waals surface area contributed by atoms with Crippen LogP contribution in [0.5, 0.6) is 5.75 Å². The SMILES string of the molecule is COCCNC(=O)N[C@H](C)COc1ccc(F)cc1F. The fourth-order valence-electron chi connectivity index (χ4n) is 1.39. The number of methoxy groups -OCH3 is 1. The third kappa shape index (κ3) is 5.83. The number of benzene rings is 1. The molecule has 1 rings (SSSR count). The highest BCUT2D eigenvalue weighted by molar-refractivity contribution is 5.74. The summed E-state index contributed by atoms with van der Waals surface area (Å²) >= 11 is 0. The van der Waals surface area contributed by atoms with Gasteiger partial charge in [-0.2, -0.15) is 0 Å². The second-order valence-corrected chi connectivity index (χ2v) is 4.18. The Morgan fingerprint density at radius 2 is 2.15 bits per heavy atom. The van der Waals surface area contributed by atoms with Crippen molar-refractivity contribution in [1.82, 2.24) is 10.6 Å². The van der Waals surface area contributed by atoms with Crippen LogP contribution in [0.4, 0.5) is 13.6 Å². The first-order chi connectivity index (χ1) is 9.52. The van der Waals surface area contributed by atoms with Gasteiger partial charge in [0.15, 0.2) is 11.6 Å². The lowest BCUT2D eigenvalue weighted by molar-refractivity contribution is 0.193. The van der Waals surface area contributed by atoms with Crippen LogP contribution in [0.2, 0.25) is 0 Å². The van der Waals surface area contributed by atoms with Gasteiger partial charge in [-0.05, 0) is 19.1 Å². The monoisotopic (exact) mass is 288 g/mol. The van der Waals surface area contributed by atoms with E-state index in [1.54, 1.807) is 6.92 Å². The van der Waals surface area contributed by atoms with Crippen LogP contribution in [0.1, 0.15) is 6.92 Å². The molecule has 5 nitrogen and oxygen atoms in total. The zero-order valence-electron chi connectivity index (χ0n) is 11.4. The maximum atomic E-state index is 13.3. The number of halogens is 2. The number of carbonyl (C=O) groups excluding carboxylic acids is 1. The molecule has 2 amide bonds. The molecule has 0 bridgehead atoms. The average molecular weight is 288 g/mol. The zero-order valence-corrected chi connectivity index (χ0v) is 11.4. The third-order valence-corrected chi connectivity index (χ3v) is 2.35. The number of amides is 2. The van der Waals surface area contributed by atoms with Crippen molar-refractivity contribution >= 4 is 6.03 Å². The van der Waals surface area contributed by atoms with Gasteiger partial charge in [0.2, 0.25) is 0 Å². The average Bonchev–Trinajstić information content (AvgIpc) is 2.38. The summed E-state index contributed by atoms with van der Waals surface area (Å²) < 4.78 is 35.9. The molecule has 1 aromatic rings. The lowest BCUT2D eigenvalue weighted by Crippen LogP contribution is -2.44. The summed E-state index contributed by atoms with van der Waals surface area (Å²) in [6.45, 7) is 2.58. The van der Waals surface area contributed by atoms with Gasteiger partial charge in [0.1, 0.15) is 12.4 Å². The van der Waals surface area contributed by atoms with E-state index in [9.17, 15) is 13.6 Å². The van der Waals surface area contributed by atoms with Crippen LogP contribution in [0.3, 0.4) is 0 Å². The van der Waals surface area contributed by atoms with Crippen LogP contribution >= 0.6 is 0 Å². The Bertz CT molecular complexity index is 444. The Labute approximate surface area is 116 Å². The minimum Gasteiger partial charge on any atom is -0.488 e. The van der Waals surface area contributed by atoms with Gasteiger partial charge in [0, 0.05) is 19.7 Å². The Morgan fingerprint density at radius 3 is 2.80 bits per heavy atom. The number of urea groups is 1. The molecule has 0 saturated carbocycles. The highest BCUT2D eigenvalue weighted by Gasteiger charge is 2.10. The molecule has 1 atom stereocenters. The van der Waals surface area contributed by atoms with E-state index in [2.05, 4.69) is 10.6 Å². The lowest BCUT2D eigenvalue weighted by Gasteiger charge is -2.15. The first-order valence-electron chi connectivity index (χ1n) is 6.14. The van der Waals surface area contributed by atoms with E-state index < -0.39 is 11.6 Å². The molecular weight excluding hydrogens is 270 g/mol. The topological polar surface area (TPSA) is 59.6 Å². The summed E-state index contributed by atoms with van der Waals surface area (Å²) in [6, 6.07) is 2.36. The van der Waals surface area contributed by atoms with E-state index in [-0.39, 0.29) is 24.4 Å². The van der Waals surface area contributed by atoms with Crippen LogP contribution in [-0.2, 0) is 4.74 Å². The van der Waals surface area contributed by atoms with Gasteiger partial charge in [-0.25, -0.2) is 13.6 Å². The zero-order chi connectivity index (χ0) is 15.0. The molecule has 112 valence electrons. The molecule has 0 radical (unpaired) electrons. The van der Waals surface area contributed by atoms with Gasteiger partial charge in [-0.15, -0.1) is 0 Å². The first kappa shape index (κ1) is 16.2. The van der Waals surface area contributed by atoms with Crippen LogP contribution in [0.15, 0.2) is 18.2 Å². The van der Waals surface area contributed by atoms with Crippen molar-refractivity contribution in [2.75, 3.05) is 26.9 Å². The van der Waals surface area contributed by atoms with E-state index in [0.29, 0.717) is 13.2 Å². The molecule has 0 saturated heterocycles. The van der Waals surface area contributed by atoms with E-state index in [4.69, 9.17) is 9.47 Å². The smallest absolute Gasteiger partial charge is 0.315 e. The minimum absolute atomic E-state index is 0.0557. The molecule has 7 heteroatoms. The highest BCUT2D eigenvalue weighted by atomic mass is 19.1. The predicted molar refractivity (Wildman–Crippen MR) is 69.7 cm³/mol. The van der Waals surface area contributed by atoms with Crippen LogP contribution in [0, 0.1) is 11.6 Å².